The summed E-state index contributed by atoms with van der Waals surface area (Å²) in [5, 5.41) is 3.05. The van der Waals surface area contributed by atoms with Gasteiger partial charge in [-0.2, -0.15) is 0 Å². The number of hydrogen-bond donors (Lipinski definition) is 1. The number of benzene rings is 3. The number of nitrogens with zero attached hydrogens (tertiary/aromatic N) is 1. The number of anilines is 1. The molecule has 1 aliphatic rings. The van der Waals surface area contributed by atoms with E-state index in [0.717, 1.165) is 11.1 Å². The molecule has 0 atom stereocenters. The second kappa shape index (κ2) is 12.1. The van der Waals surface area contributed by atoms with Gasteiger partial charge in [-0.25, -0.2) is 8.42 Å². The SMILES string of the molecule is CS(=O)(=O)N(Cc1ccc(C(=O)NCC2CCCCC2)cc1)c1ccc(OCc2ccccc2)cc1. The molecule has 3 aromatic rings. The van der Waals surface area contributed by atoms with E-state index in [4.69, 9.17) is 4.74 Å². The molecule has 1 saturated carbocycles. The van der Waals surface area contributed by atoms with Gasteiger partial charge in [0.15, 0.2) is 0 Å². The summed E-state index contributed by atoms with van der Waals surface area (Å²) in [6.07, 6.45) is 7.34. The van der Waals surface area contributed by atoms with Crippen LogP contribution in [-0.2, 0) is 23.2 Å². The second-order valence-corrected chi connectivity index (χ2v) is 11.4. The van der Waals surface area contributed by atoms with Gasteiger partial charge < -0.3 is 10.1 Å². The largest absolute Gasteiger partial charge is 0.489 e. The highest BCUT2D eigenvalue weighted by Gasteiger charge is 2.19. The average Bonchev–Trinajstić information content (AvgIpc) is 2.90. The Bertz CT molecular complexity index is 1220. The lowest BCUT2D eigenvalue weighted by molar-refractivity contribution is 0.0943. The summed E-state index contributed by atoms with van der Waals surface area (Å²) in [6, 6.07) is 24.0. The van der Waals surface area contributed by atoms with Crippen molar-refractivity contribution in [3.8, 4) is 5.75 Å². The van der Waals surface area contributed by atoms with Crippen molar-refractivity contribution in [2.75, 3.05) is 17.1 Å². The van der Waals surface area contributed by atoms with Gasteiger partial charge in [0.2, 0.25) is 10.0 Å². The minimum absolute atomic E-state index is 0.0850. The van der Waals surface area contributed by atoms with Crippen molar-refractivity contribution in [3.05, 3.63) is 95.6 Å². The number of sulfonamides is 1. The van der Waals surface area contributed by atoms with Crippen LogP contribution in [0, 0.1) is 5.92 Å². The van der Waals surface area contributed by atoms with Crippen LogP contribution >= 0.6 is 0 Å². The van der Waals surface area contributed by atoms with E-state index >= 15 is 0 Å². The van der Waals surface area contributed by atoms with E-state index in [0.29, 0.717) is 36.1 Å². The highest BCUT2D eigenvalue weighted by atomic mass is 32.2. The minimum Gasteiger partial charge on any atom is -0.489 e. The van der Waals surface area contributed by atoms with E-state index in [1.54, 1.807) is 36.4 Å². The molecule has 1 amide bonds. The highest BCUT2D eigenvalue weighted by Crippen LogP contribution is 2.25. The molecule has 0 bridgehead atoms. The first-order valence-electron chi connectivity index (χ1n) is 12.5. The highest BCUT2D eigenvalue weighted by molar-refractivity contribution is 7.92. The number of hydrogen-bond acceptors (Lipinski definition) is 4. The molecule has 6 nitrogen and oxygen atoms in total. The molecule has 0 radical (unpaired) electrons. The lowest BCUT2D eigenvalue weighted by atomic mass is 9.89. The Kier molecular flexibility index (Phi) is 8.65. The molecular weight excluding hydrogens is 472 g/mol. The zero-order valence-electron chi connectivity index (χ0n) is 20.7. The maximum absolute atomic E-state index is 12.6. The third-order valence-corrected chi connectivity index (χ3v) is 7.73. The van der Waals surface area contributed by atoms with Gasteiger partial charge >= 0.3 is 0 Å². The molecule has 0 unspecified atom stereocenters. The Morgan fingerprint density at radius 1 is 0.889 bits per heavy atom. The van der Waals surface area contributed by atoms with Crippen molar-refractivity contribution >= 4 is 21.6 Å². The summed E-state index contributed by atoms with van der Waals surface area (Å²) < 4.78 is 32.3. The van der Waals surface area contributed by atoms with Crippen molar-refractivity contribution in [2.45, 2.75) is 45.3 Å². The molecule has 0 spiro atoms. The van der Waals surface area contributed by atoms with E-state index in [2.05, 4.69) is 5.32 Å². The molecule has 36 heavy (non-hydrogen) atoms. The van der Waals surface area contributed by atoms with Crippen LogP contribution in [0.3, 0.4) is 0 Å². The summed E-state index contributed by atoms with van der Waals surface area (Å²) >= 11 is 0. The topological polar surface area (TPSA) is 75.7 Å². The lowest BCUT2D eigenvalue weighted by Crippen LogP contribution is -2.30. The normalized spacial score (nSPS) is 14.2. The molecule has 1 N–H and O–H groups in total. The molecule has 190 valence electrons. The number of carbonyl (C=O) groups is 1. The predicted molar refractivity (Wildman–Crippen MR) is 144 cm³/mol. The summed E-state index contributed by atoms with van der Waals surface area (Å²) in [6.45, 7) is 1.33. The molecule has 0 aromatic heterocycles. The molecule has 1 fully saturated rings. The minimum atomic E-state index is -3.52. The number of rotatable bonds is 10. The molecule has 4 rings (SSSR count). The maximum atomic E-state index is 12.6. The van der Waals surface area contributed by atoms with Crippen molar-refractivity contribution < 1.29 is 17.9 Å². The third kappa shape index (κ3) is 7.34. The first-order valence-corrected chi connectivity index (χ1v) is 14.3. The fourth-order valence-corrected chi connectivity index (χ4v) is 5.40. The van der Waals surface area contributed by atoms with Gasteiger partial charge in [0, 0.05) is 12.1 Å². The van der Waals surface area contributed by atoms with Crippen LogP contribution in [-0.4, -0.2) is 27.1 Å². The Labute approximate surface area is 214 Å². The van der Waals surface area contributed by atoms with Crippen LogP contribution in [0.25, 0.3) is 0 Å². The third-order valence-electron chi connectivity index (χ3n) is 6.59. The average molecular weight is 507 g/mol. The molecule has 3 aromatic carbocycles. The van der Waals surface area contributed by atoms with Gasteiger partial charge in [-0.05, 0) is 66.3 Å². The maximum Gasteiger partial charge on any atom is 0.251 e. The van der Waals surface area contributed by atoms with Crippen LogP contribution in [0.2, 0.25) is 0 Å². The fraction of sp³-hybridized carbons (Fsp3) is 0.345. The van der Waals surface area contributed by atoms with Crippen LogP contribution in [0.5, 0.6) is 5.75 Å². The Hall–Kier alpha value is -3.32. The number of ether oxygens (including phenoxy) is 1. The van der Waals surface area contributed by atoms with Gasteiger partial charge in [-0.3, -0.25) is 9.10 Å². The molecule has 1 aliphatic carbocycles. The Balaban J connectivity index is 1.37. The summed E-state index contributed by atoms with van der Waals surface area (Å²) in [7, 11) is -3.52. The number of carbonyl (C=O) groups excluding carboxylic acids is 1. The van der Waals surface area contributed by atoms with Crippen molar-refractivity contribution in [3.63, 3.8) is 0 Å². The molecule has 0 heterocycles. The van der Waals surface area contributed by atoms with Crippen LogP contribution in [0.4, 0.5) is 5.69 Å². The monoisotopic (exact) mass is 506 g/mol. The summed E-state index contributed by atoms with van der Waals surface area (Å²) in [4.78, 5) is 12.5. The smallest absolute Gasteiger partial charge is 0.251 e. The summed E-state index contributed by atoms with van der Waals surface area (Å²) in [5.74, 6) is 1.15. The number of amides is 1. The quantitative estimate of drug-likeness (QED) is 0.392. The van der Waals surface area contributed by atoms with Crippen molar-refractivity contribution in [1.82, 2.24) is 5.32 Å². The molecular formula is C29H34N2O4S. The van der Waals surface area contributed by atoms with Crippen LogP contribution in [0.15, 0.2) is 78.9 Å². The van der Waals surface area contributed by atoms with E-state index in [1.165, 1.54) is 42.7 Å². The van der Waals surface area contributed by atoms with Gasteiger partial charge in [0.1, 0.15) is 12.4 Å². The standard InChI is InChI=1S/C29H34N2O4S/c1-36(33,34)31(27-16-18-28(19-17-27)35-22-25-10-6-3-7-11-25)21-24-12-14-26(15-13-24)29(32)30-20-23-8-4-2-5-9-23/h3,6-7,10-19,23H,2,4-5,8-9,20-22H2,1H3,(H,30,32). The van der Waals surface area contributed by atoms with Crippen molar-refractivity contribution in [1.29, 1.82) is 0 Å². The number of nitrogens with one attached hydrogen (secondary N) is 1. The van der Waals surface area contributed by atoms with Crippen LogP contribution < -0.4 is 14.4 Å². The van der Waals surface area contributed by atoms with Crippen LogP contribution in [0.1, 0.15) is 53.6 Å². The zero-order chi connectivity index (χ0) is 25.4. The predicted octanol–water partition coefficient (Wildman–Crippen LogP) is 5.54. The van der Waals surface area contributed by atoms with E-state index in [1.807, 2.05) is 42.5 Å². The Morgan fingerprint density at radius 3 is 2.19 bits per heavy atom. The van der Waals surface area contributed by atoms with E-state index in [9.17, 15) is 13.2 Å². The van der Waals surface area contributed by atoms with Gasteiger partial charge in [-0.1, -0.05) is 61.7 Å². The Morgan fingerprint density at radius 2 is 1.56 bits per heavy atom. The molecule has 0 saturated heterocycles. The summed E-state index contributed by atoms with van der Waals surface area (Å²) in [5.41, 5.74) is 3.00. The second-order valence-electron chi connectivity index (χ2n) is 9.45. The first-order chi connectivity index (χ1) is 17.4. The fourth-order valence-electron chi connectivity index (χ4n) is 4.51. The molecule has 0 aliphatic heterocycles. The van der Waals surface area contributed by atoms with E-state index < -0.39 is 10.0 Å². The van der Waals surface area contributed by atoms with Crippen molar-refractivity contribution in [2.24, 2.45) is 5.92 Å². The molecule has 7 heteroatoms. The first kappa shape index (κ1) is 25.8. The van der Waals surface area contributed by atoms with E-state index in [-0.39, 0.29) is 12.5 Å². The lowest BCUT2D eigenvalue weighted by Gasteiger charge is -2.23. The van der Waals surface area contributed by atoms with Gasteiger partial charge in [-0.15, -0.1) is 0 Å². The zero-order valence-corrected chi connectivity index (χ0v) is 21.5. The van der Waals surface area contributed by atoms with Gasteiger partial charge in [0.25, 0.3) is 5.91 Å². The van der Waals surface area contributed by atoms with Gasteiger partial charge in [0.05, 0.1) is 18.5 Å².